The molecular formula is C13H26ClGeLi2N. The zero-order valence-corrected chi connectivity index (χ0v) is 16.1. The van der Waals surface area contributed by atoms with Crippen molar-refractivity contribution >= 4 is 22.3 Å². The van der Waals surface area contributed by atoms with Crippen molar-refractivity contribution in [1.82, 2.24) is 0 Å². The number of halogens is 1. The molecule has 0 rings (SSSR count). The Bertz CT molecular complexity index is 211. The molecule has 0 bridgehead atoms. The van der Waals surface area contributed by atoms with Gasteiger partial charge in [0.15, 0.2) is 0 Å². The SMILES string of the molecule is [CH-]=C(C)C[N-]CC(CC)[CH2][Ge]([Cl])([CH2]C)[CH2]C.[Li+].[Li+]. The van der Waals surface area contributed by atoms with E-state index in [0.29, 0.717) is 12.5 Å². The summed E-state index contributed by atoms with van der Waals surface area (Å²) in [5.74, 6) is 0.678. The third-order valence-corrected chi connectivity index (χ3v) is 14.9. The van der Waals surface area contributed by atoms with Crippen LogP contribution in [0.15, 0.2) is 5.57 Å². The van der Waals surface area contributed by atoms with Gasteiger partial charge in [-0.05, 0) is 0 Å². The summed E-state index contributed by atoms with van der Waals surface area (Å²) in [7, 11) is 6.74. The van der Waals surface area contributed by atoms with Crippen LogP contribution in [0.3, 0.4) is 0 Å². The van der Waals surface area contributed by atoms with E-state index in [9.17, 15) is 0 Å². The Balaban J connectivity index is -0.00000112. The van der Waals surface area contributed by atoms with Gasteiger partial charge >= 0.3 is 146 Å². The molecule has 0 aliphatic carbocycles. The van der Waals surface area contributed by atoms with Crippen LogP contribution in [0.4, 0.5) is 0 Å². The molecule has 96 valence electrons. The van der Waals surface area contributed by atoms with Crippen molar-refractivity contribution in [2.45, 2.75) is 49.9 Å². The maximum absolute atomic E-state index is 6.74. The predicted octanol–water partition coefficient (Wildman–Crippen LogP) is -1.00. The fourth-order valence-corrected chi connectivity index (χ4v) is 8.26. The molecule has 0 fully saturated rings. The van der Waals surface area contributed by atoms with Crippen LogP contribution in [-0.4, -0.2) is 25.4 Å². The Morgan fingerprint density at radius 3 is 2.06 bits per heavy atom. The van der Waals surface area contributed by atoms with E-state index in [2.05, 4.69) is 26.1 Å². The van der Waals surface area contributed by atoms with E-state index >= 15 is 0 Å². The van der Waals surface area contributed by atoms with Gasteiger partial charge < -0.3 is 0 Å². The minimum absolute atomic E-state index is 0. The molecule has 0 aliphatic rings. The Morgan fingerprint density at radius 2 is 1.72 bits per heavy atom. The van der Waals surface area contributed by atoms with Crippen molar-refractivity contribution in [1.29, 1.82) is 0 Å². The third-order valence-electron chi connectivity index (χ3n) is 3.25. The monoisotopic (exact) mass is 319 g/mol. The van der Waals surface area contributed by atoms with Gasteiger partial charge in [-0.25, -0.2) is 0 Å². The number of nitrogens with zero attached hydrogens (tertiary/aromatic N) is 1. The molecular weight excluding hydrogens is 292 g/mol. The molecule has 0 saturated carbocycles. The summed E-state index contributed by atoms with van der Waals surface area (Å²) in [4.78, 5) is 0. The second kappa shape index (κ2) is 13.7. The second-order valence-corrected chi connectivity index (χ2v) is 17.6. The Morgan fingerprint density at radius 1 is 1.22 bits per heavy atom. The molecule has 0 spiro atoms. The topological polar surface area (TPSA) is 14.1 Å². The van der Waals surface area contributed by atoms with Gasteiger partial charge in [-0.2, -0.15) is 0 Å². The van der Waals surface area contributed by atoms with Crippen molar-refractivity contribution in [2.75, 3.05) is 13.1 Å². The van der Waals surface area contributed by atoms with E-state index < -0.39 is 12.3 Å². The number of rotatable bonds is 9. The van der Waals surface area contributed by atoms with Crippen LogP contribution in [0.5, 0.6) is 0 Å². The summed E-state index contributed by atoms with van der Waals surface area (Å²) in [5, 5.41) is 8.19. The largest absolute Gasteiger partial charge is 1.00 e. The summed E-state index contributed by atoms with van der Waals surface area (Å²) in [6.45, 7) is 15.9. The van der Waals surface area contributed by atoms with Gasteiger partial charge in [0.2, 0.25) is 0 Å². The van der Waals surface area contributed by atoms with Crippen molar-refractivity contribution in [2.24, 2.45) is 5.92 Å². The normalized spacial score (nSPS) is 12.3. The van der Waals surface area contributed by atoms with Gasteiger partial charge in [-0.1, -0.05) is 0 Å². The maximum atomic E-state index is 6.74. The summed E-state index contributed by atoms with van der Waals surface area (Å²) in [6, 6.07) is 0. The summed E-state index contributed by atoms with van der Waals surface area (Å²) < 4.78 is 0. The molecule has 1 nitrogen and oxygen atoms in total. The van der Waals surface area contributed by atoms with Crippen molar-refractivity contribution in [3.8, 4) is 0 Å². The second-order valence-electron chi connectivity index (χ2n) is 4.75. The molecule has 0 aromatic heterocycles. The van der Waals surface area contributed by atoms with Crippen LogP contribution in [0.25, 0.3) is 5.32 Å². The van der Waals surface area contributed by atoms with Crippen LogP contribution in [0, 0.1) is 12.5 Å². The van der Waals surface area contributed by atoms with Gasteiger partial charge in [0.25, 0.3) is 0 Å². The van der Waals surface area contributed by atoms with Crippen LogP contribution in [-0.2, 0) is 0 Å². The molecule has 5 heteroatoms. The van der Waals surface area contributed by atoms with Gasteiger partial charge in [0, 0.05) is 0 Å². The van der Waals surface area contributed by atoms with Gasteiger partial charge in [0.1, 0.15) is 0 Å². The van der Waals surface area contributed by atoms with E-state index in [0.717, 1.165) is 12.1 Å². The van der Waals surface area contributed by atoms with Crippen molar-refractivity contribution in [3.05, 3.63) is 17.5 Å². The minimum Gasteiger partial charge on any atom is 1.00 e. The first kappa shape index (κ1) is 24.7. The third kappa shape index (κ3) is 11.5. The zero-order chi connectivity index (χ0) is 12.6. The predicted molar refractivity (Wildman–Crippen MR) is 77.7 cm³/mol. The van der Waals surface area contributed by atoms with Crippen molar-refractivity contribution in [3.63, 3.8) is 0 Å². The van der Waals surface area contributed by atoms with Crippen LogP contribution in [0.1, 0.15) is 34.1 Å². The van der Waals surface area contributed by atoms with E-state index in [1.807, 2.05) is 6.92 Å². The first-order valence-corrected chi connectivity index (χ1v) is 13.6. The molecule has 0 radical (unpaired) electrons. The van der Waals surface area contributed by atoms with Gasteiger partial charge in [-0.3, -0.25) is 0 Å². The smallest absolute Gasteiger partial charge is 1.00 e. The maximum Gasteiger partial charge on any atom is 1.00 e. The van der Waals surface area contributed by atoms with E-state index in [-0.39, 0.29) is 37.7 Å². The van der Waals surface area contributed by atoms with Crippen LogP contribution >= 0.6 is 10.0 Å². The molecule has 1 atom stereocenters. The zero-order valence-electron chi connectivity index (χ0n) is 13.2. The van der Waals surface area contributed by atoms with Crippen molar-refractivity contribution < 1.29 is 37.7 Å². The molecule has 1 unspecified atom stereocenters. The Labute approximate surface area is 145 Å². The van der Waals surface area contributed by atoms with E-state index in [1.54, 1.807) is 0 Å². The summed E-state index contributed by atoms with van der Waals surface area (Å²) in [5.41, 5.74) is 0.902. The first-order chi connectivity index (χ1) is 7.47. The average molecular weight is 318 g/mol. The van der Waals surface area contributed by atoms with Crippen LogP contribution in [0.2, 0.25) is 15.8 Å². The molecule has 0 N–H and O–H groups in total. The quantitative estimate of drug-likeness (QED) is 0.382. The molecule has 18 heavy (non-hydrogen) atoms. The molecule has 0 aromatic rings. The standard InChI is InChI=1S/C13H26ClGeN.2Li/c1-6-13(11-16-10-12(4)5)9-15(14,7-2)8-3;;/h4,13H,6-11H2,1-3,5H3;;/q-2;2*+1. The number of hydrogen-bond acceptors (Lipinski definition) is 0. The minimum atomic E-state index is -1.99. The molecule has 0 aromatic carbocycles. The Hall–Kier alpha value is 1.73. The van der Waals surface area contributed by atoms with Crippen LogP contribution < -0.4 is 37.7 Å². The van der Waals surface area contributed by atoms with E-state index in [4.69, 9.17) is 16.6 Å². The fraction of sp³-hybridized carbons (Fsp3) is 0.846. The number of hydrogen-bond donors (Lipinski definition) is 0. The van der Waals surface area contributed by atoms with Gasteiger partial charge in [0.05, 0.1) is 0 Å². The summed E-state index contributed by atoms with van der Waals surface area (Å²) >= 11 is -1.99. The fourth-order valence-electron chi connectivity index (χ4n) is 1.82. The Kier molecular flexibility index (Phi) is 18.8. The van der Waals surface area contributed by atoms with Gasteiger partial charge in [-0.15, -0.1) is 0 Å². The molecule has 0 amide bonds. The summed E-state index contributed by atoms with van der Waals surface area (Å²) in [6.07, 6.45) is 1.19. The molecule has 0 saturated heterocycles. The first-order valence-electron chi connectivity index (χ1n) is 6.37. The van der Waals surface area contributed by atoms with E-state index in [1.165, 1.54) is 22.2 Å². The molecule has 0 heterocycles. The average Bonchev–Trinajstić information content (AvgIpc) is 2.27. The molecule has 0 aliphatic heterocycles.